The van der Waals surface area contributed by atoms with E-state index in [1.165, 1.54) is 19.1 Å². The number of nitrogens with zero attached hydrogens (tertiary/aromatic N) is 2. The number of esters is 2. The predicted octanol–water partition coefficient (Wildman–Crippen LogP) is 1.31. The Kier molecular flexibility index (Phi) is 9.80. The molecule has 0 aromatic heterocycles. The van der Waals surface area contributed by atoms with Crippen LogP contribution in [0.4, 0.5) is 8.78 Å². The summed E-state index contributed by atoms with van der Waals surface area (Å²) in [5.41, 5.74) is -1.60. The van der Waals surface area contributed by atoms with Crippen molar-refractivity contribution in [2.75, 3.05) is 19.8 Å². The van der Waals surface area contributed by atoms with Gasteiger partial charge in [-0.1, -0.05) is 13.0 Å². The van der Waals surface area contributed by atoms with E-state index in [0.29, 0.717) is 0 Å². The summed E-state index contributed by atoms with van der Waals surface area (Å²) in [6.45, 7) is 3.42. The van der Waals surface area contributed by atoms with E-state index in [-0.39, 0.29) is 30.6 Å². The highest BCUT2D eigenvalue weighted by atomic mass is 19.1. The molecule has 5 rings (SSSR count). The molecule has 1 saturated heterocycles. The number of Topliss-reactive ketones (excluding diaryl/α,β-unsaturated/α-hetero) is 1. The van der Waals surface area contributed by atoms with Crippen LogP contribution in [0.15, 0.2) is 23.6 Å². The van der Waals surface area contributed by atoms with Gasteiger partial charge in [0, 0.05) is 29.6 Å². The van der Waals surface area contributed by atoms with Crippen LogP contribution < -0.4 is 5.73 Å². The summed E-state index contributed by atoms with van der Waals surface area (Å²) in [7, 11) is 0. The Morgan fingerprint density at radius 3 is 2.45 bits per heavy atom. The third kappa shape index (κ3) is 6.24. The molecule has 51 heavy (non-hydrogen) atoms. The van der Waals surface area contributed by atoms with Crippen molar-refractivity contribution in [3.63, 3.8) is 0 Å². The Morgan fingerprint density at radius 1 is 1.12 bits per heavy atom. The fraction of sp³-hybridized carbons (Fsp3) is 0.742. The third-order valence-corrected chi connectivity index (χ3v) is 11.1. The van der Waals surface area contributed by atoms with E-state index in [4.69, 9.17) is 24.7 Å². The normalized spacial score (nSPS) is 37.2. The van der Waals surface area contributed by atoms with E-state index < -0.39 is 130 Å². The molecule has 3 N–H and O–H groups in total. The summed E-state index contributed by atoms with van der Waals surface area (Å²) >= 11 is 0. The molecule has 282 valence electrons. The second kappa shape index (κ2) is 13.1. The molecule has 3 fully saturated rings. The molecule has 18 nitrogen and oxygen atoms in total. The van der Waals surface area contributed by atoms with Crippen LogP contribution in [0.25, 0.3) is 0 Å². The fourth-order valence-corrected chi connectivity index (χ4v) is 9.01. The first-order valence-corrected chi connectivity index (χ1v) is 16.2. The first-order valence-electron chi connectivity index (χ1n) is 16.2. The molecule has 0 spiro atoms. The lowest BCUT2D eigenvalue weighted by atomic mass is 9.45. The number of fused-ring (bicyclic) bond motifs is 7. The molecule has 0 radical (unpaired) electrons. The molecule has 0 bridgehead atoms. The number of aliphatic hydroxyl groups is 1. The van der Waals surface area contributed by atoms with Crippen LogP contribution in [0.3, 0.4) is 0 Å². The van der Waals surface area contributed by atoms with Gasteiger partial charge in [0.2, 0.25) is 5.78 Å². The number of allylic oxidation sites excluding steroid dienone is 4. The van der Waals surface area contributed by atoms with Gasteiger partial charge in [0.1, 0.15) is 25.1 Å². The van der Waals surface area contributed by atoms with Crippen molar-refractivity contribution in [1.29, 1.82) is 0 Å². The Hall–Kier alpha value is -4.14. The van der Waals surface area contributed by atoms with Gasteiger partial charge in [-0.25, -0.2) is 8.78 Å². The van der Waals surface area contributed by atoms with Crippen LogP contribution >= 0.6 is 0 Å². The molecule has 0 aromatic rings. The van der Waals surface area contributed by atoms with Gasteiger partial charge in [0.05, 0.1) is 18.6 Å². The monoisotopic (exact) mass is 731 g/mol. The van der Waals surface area contributed by atoms with E-state index in [1.54, 1.807) is 20.8 Å². The van der Waals surface area contributed by atoms with Gasteiger partial charge in [-0.15, -0.1) is 20.2 Å². The van der Waals surface area contributed by atoms with Crippen LogP contribution in [0.5, 0.6) is 0 Å². The second-order valence-electron chi connectivity index (χ2n) is 14.5. The van der Waals surface area contributed by atoms with Crippen molar-refractivity contribution in [3.05, 3.63) is 43.8 Å². The van der Waals surface area contributed by atoms with Crippen molar-refractivity contribution in [3.8, 4) is 0 Å². The van der Waals surface area contributed by atoms with Crippen molar-refractivity contribution in [2.24, 2.45) is 28.4 Å². The van der Waals surface area contributed by atoms with Gasteiger partial charge in [-0.3, -0.25) is 19.2 Å². The lowest BCUT2D eigenvalue weighted by molar-refractivity contribution is -0.790. The van der Waals surface area contributed by atoms with Gasteiger partial charge in [-0.05, 0) is 51.2 Å². The molecule has 20 heteroatoms. The van der Waals surface area contributed by atoms with Gasteiger partial charge in [0.15, 0.2) is 35.6 Å². The summed E-state index contributed by atoms with van der Waals surface area (Å²) in [5, 5.41) is 30.1. The number of nitrogens with two attached hydrogens (primary N) is 1. The maximum Gasteiger partial charge on any atom is 0.323 e. The lowest BCUT2D eigenvalue weighted by Crippen LogP contribution is -2.70. The molecule has 0 amide bonds. The average molecular weight is 732 g/mol. The van der Waals surface area contributed by atoms with E-state index in [0.717, 1.165) is 0 Å². The number of ether oxygens (including phenoxy) is 4. The minimum Gasteiger partial charge on any atom is -0.462 e. The smallest absolute Gasteiger partial charge is 0.323 e. The van der Waals surface area contributed by atoms with Gasteiger partial charge >= 0.3 is 11.9 Å². The summed E-state index contributed by atoms with van der Waals surface area (Å²) < 4.78 is 55.8. The van der Waals surface area contributed by atoms with Crippen molar-refractivity contribution in [2.45, 2.75) is 101 Å². The Labute approximate surface area is 288 Å². The van der Waals surface area contributed by atoms with Crippen LogP contribution in [-0.2, 0) is 47.8 Å². The number of ketones is 2. The Bertz CT molecular complexity index is 1590. The molecule has 1 aliphatic heterocycles. The standard InChI is InChI=1S/C31H39F2N3O15/c1-27(2)49-24-9-17-18-8-20(32)19-7-15(37)5-6-28(19,3)30(18,33)22(38)11-29(17,4)31(24,51-27)23(39)14-46-25(40)10-21(34)26(41)47-12-16(50-36(44)45)13-48-35(42)43/h5-6,16-18,21-22,24,38H,7-14,34H2,1-4H3/t16?,17?,18?,21?,22-,24?,28-,29-,30-,31?/m0/s1. The molecule has 6 unspecified atom stereocenters. The molecular weight excluding hydrogens is 692 g/mol. The van der Waals surface area contributed by atoms with Gasteiger partial charge in [0.25, 0.3) is 10.2 Å². The second-order valence-corrected chi connectivity index (χ2v) is 14.5. The first-order chi connectivity index (χ1) is 23.6. The number of carbonyl (C=O) groups excluding carboxylic acids is 4. The quantitative estimate of drug-likeness (QED) is 0.154. The molecule has 4 aliphatic carbocycles. The maximum absolute atomic E-state index is 17.6. The SMILES string of the molecule is CC1(C)OC2CC3C4CC(F)=C5CC(=O)C=C[C@]5(C)[C@@]4(F)[C@@H](O)C[C@]3(C)C2(C(=O)COC(=O)CC(N)C(=O)OCC(CO[N+](=O)[O-])O[N+](=O)[O-])O1. The highest BCUT2D eigenvalue weighted by Gasteiger charge is 2.80. The van der Waals surface area contributed by atoms with E-state index >= 15 is 8.78 Å². The molecular formula is C31H39F2N3O15. The Morgan fingerprint density at radius 2 is 1.80 bits per heavy atom. The number of hydrogen-bond acceptors (Lipinski definition) is 16. The highest BCUT2D eigenvalue weighted by molar-refractivity contribution is 5.94. The van der Waals surface area contributed by atoms with Crippen LogP contribution in [-0.4, -0.2) is 100 Å². The zero-order chi connectivity index (χ0) is 37.9. The summed E-state index contributed by atoms with van der Waals surface area (Å²) in [6, 6.07) is -1.69. The number of rotatable bonds is 13. The lowest BCUT2D eigenvalue weighted by Gasteiger charge is -2.62. The Balaban J connectivity index is 1.30. The number of halogens is 2. The van der Waals surface area contributed by atoms with Crippen LogP contribution in [0, 0.1) is 42.9 Å². The summed E-state index contributed by atoms with van der Waals surface area (Å²) in [4.78, 5) is 80.5. The van der Waals surface area contributed by atoms with Gasteiger partial charge < -0.3 is 39.5 Å². The van der Waals surface area contributed by atoms with Crippen molar-refractivity contribution >= 4 is 23.5 Å². The molecule has 1 heterocycles. The number of alkyl halides is 1. The van der Waals surface area contributed by atoms with E-state index in [1.807, 2.05) is 0 Å². The molecule has 0 aromatic carbocycles. The zero-order valence-corrected chi connectivity index (χ0v) is 28.2. The van der Waals surface area contributed by atoms with Crippen LogP contribution in [0.1, 0.15) is 59.8 Å². The summed E-state index contributed by atoms with van der Waals surface area (Å²) in [6.07, 6.45) is -3.80. The molecule has 2 saturated carbocycles. The molecule has 10 atom stereocenters. The average Bonchev–Trinajstić information content (AvgIpc) is 3.44. The minimum absolute atomic E-state index is 0.0170. The highest BCUT2D eigenvalue weighted by Crippen LogP contribution is 2.72. The number of aliphatic hydroxyl groups excluding tert-OH is 1. The predicted molar refractivity (Wildman–Crippen MR) is 161 cm³/mol. The third-order valence-electron chi connectivity index (χ3n) is 11.1. The number of carbonyl (C=O) groups is 4. The van der Waals surface area contributed by atoms with E-state index in [9.17, 15) is 44.5 Å². The van der Waals surface area contributed by atoms with Crippen molar-refractivity contribution < 1.29 is 71.9 Å². The van der Waals surface area contributed by atoms with Gasteiger partial charge in [-0.2, -0.15) is 0 Å². The first kappa shape index (κ1) is 38.1. The maximum atomic E-state index is 17.6. The minimum atomic E-state index is -2.41. The molecule has 5 aliphatic rings. The van der Waals surface area contributed by atoms with E-state index in [2.05, 4.69) is 9.68 Å². The summed E-state index contributed by atoms with van der Waals surface area (Å²) in [5.74, 6) is -7.51. The van der Waals surface area contributed by atoms with Crippen molar-refractivity contribution in [1.82, 2.24) is 0 Å². The topological polar surface area (TPSA) is 256 Å². The zero-order valence-electron chi connectivity index (χ0n) is 28.2. The number of hydrogen-bond donors (Lipinski definition) is 2. The van der Waals surface area contributed by atoms with Crippen LogP contribution in [0.2, 0.25) is 0 Å². The fourth-order valence-electron chi connectivity index (χ4n) is 9.01. The largest absolute Gasteiger partial charge is 0.462 e.